The summed E-state index contributed by atoms with van der Waals surface area (Å²) in [5, 5.41) is 0. The Morgan fingerprint density at radius 1 is 1.19 bits per heavy atom. The van der Waals surface area contributed by atoms with E-state index in [-0.39, 0.29) is 19.4 Å². The number of isocyanates is 1. The summed E-state index contributed by atoms with van der Waals surface area (Å²) in [6.45, 7) is 1.15. The molecule has 0 bridgehead atoms. The van der Waals surface area contributed by atoms with Crippen molar-refractivity contribution in [3.63, 3.8) is 0 Å². The molecule has 0 aliphatic heterocycles. The highest BCUT2D eigenvalue weighted by atomic mass is 19.2. The Morgan fingerprint density at radius 3 is 2.10 bits per heavy atom. The van der Waals surface area contributed by atoms with E-state index in [0.717, 1.165) is 6.08 Å². The van der Waals surface area contributed by atoms with Crippen LogP contribution in [0.15, 0.2) is 4.99 Å². The van der Waals surface area contributed by atoms with Crippen LogP contribution in [0.2, 0.25) is 0 Å². The Hall–Kier alpha value is -2.21. The molecular formula is C13H9F4NO3. The van der Waals surface area contributed by atoms with E-state index in [1.165, 1.54) is 6.92 Å². The number of aliphatic imine (C=N–C) groups is 1. The highest BCUT2D eigenvalue weighted by Gasteiger charge is 2.51. The summed E-state index contributed by atoms with van der Waals surface area (Å²) in [5.74, 6) is -8.76. The minimum atomic E-state index is -1.87. The Kier molecular flexibility index (Phi) is 3.82. The van der Waals surface area contributed by atoms with Gasteiger partial charge in [-0.2, -0.15) is 4.99 Å². The molecule has 1 aliphatic carbocycles. The van der Waals surface area contributed by atoms with E-state index in [1.54, 1.807) is 0 Å². The maximum absolute atomic E-state index is 14.0. The summed E-state index contributed by atoms with van der Waals surface area (Å²) >= 11 is 0. The van der Waals surface area contributed by atoms with Crippen molar-refractivity contribution in [3.8, 4) is 0 Å². The summed E-state index contributed by atoms with van der Waals surface area (Å²) < 4.78 is 60.0. The monoisotopic (exact) mass is 303 g/mol. The normalized spacial score (nSPS) is 15.3. The van der Waals surface area contributed by atoms with Gasteiger partial charge in [0.1, 0.15) is 11.1 Å². The Bertz CT molecular complexity index is 635. The summed E-state index contributed by atoms with van der Waals surface area (Å²) in [4.78, 5) is 24.9. The number of hydrogen-bond donors (Lipinski definition) is 0. The van der Waals surface area contributed by atoms with Crippen LogP contribution in [0.4, 0.5) is 17.6 Å². The summed E-state index contributed by atoms with van der Waals surface area (Å²) in [6.07, 6.45) is 1.22. The number of carbonyl (C=O) groups excluding carboxylic acids is 2. The van der Waals surface area contributed by atoms with Gasteiger partial charge in [0.05, 0.1) is 12.2 Å². The molecule has 21 heavy (non-hydrogen) atoms. The first-order valence-corrected chi connectivity index (χ1v) is 6.02. The molecule has 4 nitrogen and oxygen atoms in total. The van der Waals surface area contributed by atoms with Crippen molar-refractivity contribution in [2.24, 2.45) is 4.99 Å². The van der Waals surface area contributed by atoms with Gasteiger partial charge in [-0.15, -0.1) is 0 Å². The molecule has 112 valence electrons. The number of hydrogen-bond acceptors (Lipinski definition) is 4. The van der Waals surface area contributed by atoms with E-state index in [2.05, 4.69) is 9.73 Å². The largest absolute Gasteiger partial charge is 0.462 e. The van der Waals surface area contributed by atoms with Crippen molar-refractivity contribution in [3.05, 3.63) is 34.4 Å². The predicted molar refractivity (Wildman–Crippen MR) is 61.3 cm³/mol. The summed E-state index contributed by atoms with van der Waals surface area (Å²) in [6, 6.07) is 0. The van der Waals surface area contributed by atoms with Gasteiger partial charge >= 0.3 is 5.97 Å². The summed E-state index contributed by atoms with van der Waals surface area (Å²) in [7, 11) is 0. The van der Waals surface area contributed by atoms with Crippen LogP contribution in [0.25, 0.3) is 0 Å². The molecule has 1 fully saturated rings. The lowest BCUT2D eigenvalue weighted by Gasteiger charge is -2.14. The van der Waals surface area contributed by atoms with Crippen LogP contribution in [0.1, 0.15) is 35.7 Å². The lowest BCUT2D eigenvalue weighted by molar-refractivity contribution is 0.0512. The second-order valence-electron chi connectivity index (χ2n) is 4.46. The molecule has 0 atom stereocenters. The van der Waals surface area contributed by atoms with E-state index in [0.29, 0.717) is 0 Å². The minimum absolute atomic E-state index is 0.0493. The van der Waals surface area contributed by atoms with Crippen LogP contribution in [0.3, 0.4) is 0 Å². The summed E-state index contributed by atoms with van der Waals surface area (Å²) in [5.41, 5.74) is -4.10. The Balaban J connectivity index is 2.68. The first kappa shape index (κ1) is 15.2. The maximum Gasteiger partial charge on any atom is 0.344 e. The lowest BCUT2D eigenvalue weighted by atomic mass is 10.00. The molecule has 0 amide bonds. The molecule has 0 unspecified atom stereocenters. The van der Waals surface area contributed by atoms with Crippen LogP contribution in [-0.4, -0.2) is 18.7 Å². The van der Waals surface area contributed by atoms with Crippen LogP contribution in [0.5, 0.6) is 0 Å². The van der Waals surface area contributed by atoms with Crippen molar-refractivity contribution < 1.29 is 31.9 Å². The lowest BCUT2D eigenvalue weighted by Crippen LogP contribution is -2.19. The van der Waals surface area contributed by atoms with Crippen molar-refractivity contribution in [2.75, 3.05) is 6.61 Å². The zero-order valence-corrected chi connectivity index (χ0v) is 10.8. The molecule has 1 aromatic carbocycles. The molecule has 0 radical (unpaired) electrons. The fourth-order valence-electron chi connectivity index (χ4n) is 2.05. The standard InChI is InChI=1S/C13H9F4NO3/c1-2-21-12(20)6-8(14)10(16)7(11(17)9(6)15)13(3-4-13)18-5-19/h2-4H2,1H3. The van der Waals surface area contributed by atoms with Crippen molar-refractivity contribution in [1.82, 2.24) is 0 Å². The smallest absolute Gasteiger partial charge is 0.344 e. The van der Waals surface area contributed by atoms with Crippen molar-refractivity contribution in [2.45, 2.75) is 25.3 Å². The average molecular weight is 303 g/mol. The topological polar surface area (TPSA) is 55.7 Å². The molecule has 0 spiro atoms. The molecular weight excluding hydrogens is 294 g/mol. The Morgan fingerprint density at radius 2 is 1.71 bits per heavy atom. The van der Waals surface area contributed by atoms with E-state index < -0.39 is 45.9 Å². The molecule has 1 aliphatic rings. The number of rotatable bonds is 4. The third-order valence-corrected chi connectivity index (χ3v) is 3.19. The van der Waals surface area contributed by atoms with E-state index in [1.807, 2.05) is 0 Å². The molecule has 1 saturated carbocycles. The van der Waals surface area contributed by atoms with Gasteiger partial charge in [-0.1, -0.05) is 0 Å². The van der Waals surface area contributed by atoms with Crippen molar-refractivity contribution >= 4 is 12.0 Å². The number of benzene rings is 1. The molecule has 0 N–H and O–H groups in total. The SMILES string of the molecule is CCOC(=O)c1c(F)c(F)c(C2(N=C=O)CC2)c(F)c1F. The average Bonchev–Trinajstić information content (AvgIpc) is 3.18. The third-order valence-electron chi connectivity index (χ3n) is 3.19. The number of nitrogens with zero attached hydrogens (tertiary/aromatic N) is 1. The fraction of sp³-hybridized carbons (Fsp3) is 0.385. The van der Waals surface area contributed by atoms with Gasteiger partial charge in [-0.3, -0.25) is 0 Å². The Labute approximate surface area is 116 Å². The predicted octanol–water partition coefficient (Wildman–Crippen LogP) is 2.74. The van der Waals surface area contributed by atoms with Gasteiger partial charge in [-0.25, -0.2) is 27.2 Å². The zero-order valence-electron chi connectivity index (χ0n) is 10.8. The van der Waals surface area contributed by atoms with Gasteiger partial charge in [0, 0.05) is 0 Å². The second kappa shape index (κ2) is 5.29. The molecule has 0 saturated heterocycles. The number of esters is 1. The number of carbonyl (C=O) groups is 1. The third kappa shape index (κ3) is 2.31. The van der Waals surface area contributed by atoms with Crippen LogP contribution >= 0.6 is 0 Å². The van der Waals surface area contributed by atoms with E-state index >= 15 is 0 Å². The quantitative estimate of drug-likeness (QED) is 0.282. The van der Waals surface area contributed by atoms with E-state index in [4.69, 9.17) is 0 Å². The van der Waals surface area contributed by atoms with Crippen LogP contribution in [0, 0.1) is 23.3 Å². The van der Waals surface area contributed by atoms with Gasteiger partial charge in [0.15, 0.2) is 23.3 Å². The molecule has 2 rings (SSSR count). The molecule has 8 heteroatoms. The first-order valence-electron chi connectivity index (χ1n) is 6.02. The van der Waals surface area contributed by atoms with Crippen LogP contribution in [-0.2, 0) is 15.1 Å². The van der Waals surface area contributed by atoms with Gasteiger partial charge in [0.25, 0.3) is 0 Å². The number of halogens is 4. The van der Waals surface area contributed by atoms with Crippen molar-refractivity contribution in [1.29, 1.82) is 0 Å². The molecule has 0 heterocycles. The first-order chi connectivity index (χ1) is 9.89. The second-order valence-corrected chi connectivity index (χ2v) is 4.46. The van der Waals surface area contributed by atoms with E-state index in [9.17, 15) is 27.2 Å². The molecule has 0 aromatic heterocycles. The highest BCUT2D eigenvalue weighted by Crippen LogP contribution is 2.51. The van der Waals surface area contributed by atoms with Gasteiger partial charge in [0.2, 0.25) is 6.08 Å². The molecule has 1 aromatic rings. The van der Waals surface area contributed by atoms with Gasteiger partial charge in [-0.05, 0) is 19.8 Å². The highest BCUT2D eigenvalue weighted by molar-refractivity contribution is 5.90. The van der Waals surface area contributed by atoms with Gasteiger partial charge < -0.3 is 4.74 Å². The fourth-order valence-corrected chi connectivity index (χ4v) is 2.05. The maximum atomic E-state index is 14.0. The van der Waals surface area contributed by atoms with Crippen LogP contribution < -0.4 is 0 Å². The minimum Gasteiger partial charge on any atom is -0.462 e. The zero-order chi connectivity index (χ0) is 15.8. The number of ether oxygens (including phenoxy) is 1.